The summed E-state index contributed by atoms with van der Waals surface area (Å²) in [4.78, 5) is 37.3. The van der Waals surface area contributed by atoms with Crippen molar-refractivity contribution in [1.82, 2.24) is 10.1 Å². The maximum Gasteiger partial charge on any atom is 0.261 e. The topological polar surface area (TPSA) is 59.1 Å². The Balaban J connectivity index is 1.88. The average molecular weight is 278 g/mol. The molecule has 3 fully saturated rings. The number of amides is 2. The number of likely N-dealkylation sites (tertiary alicyclic amines) is 1. The third-order valence-electron chi connectivity index (χ3n) is 5.19. The Bertz CT molecular complexity index is 543. The third kappa shape index (κ3) is 1.25. The van der Waals surface area contributed by atoms with Crippen LogP contribution in [0.2, 0.25) is 0 Å². The second-order valence-corrected chi connectivity index (χ2v) is 6.16. The zero-order chi connectivity index (χ0) is 14.1. The van der Waals surface area contributed by atoms with E-state index in [4.69, 9.17) is 9.68 Å². The molecule has 4 rings (SSSR count). The average Bonchev–Trinajstić information content (AvgIpc) is 2.88. The zero-order valence-electron chi connectivity index (χ0n) is 11.7. The van der Waals surface area contributed by atoms with Crippen LogP contribution in [-0.2, 0) is 19.3 Å². The lowest BCUT2D eigenvalue weighted by Crippen LogP contribution is -2.56. The summed E-state index contributed by atoms with van der Waals surface area (Å²) in [5, 5.41) is 1.48. The molecule has 6 heteroatoms. The van der Waals surface area contributed by atoms with Gasteiger partial charge in [-0.25, -0.2) is 0 Å². The molecule has 108 valence electrons. The monoisotopic (exact) mass is 278 g/mol. The molecule has 1 aliphatic carbocycles. The number of hydroxylamine groups is 2. The van der Waals surface area contributed by atoms with Gasteiger partial charge < -0.3 is 0 Å². The summed E-state index contributed by atoms with van der Waals surface area (Å²) >= 11 is 0. The van der Waals surface area contributed by atoms with Crippen molar-refractivity contribution in [2.24, 2.45) is 5.92 Å². The fraction of sp³-hybridized carbons (Fsp3) is 0.714. The molecular weight excluding hydrogens is 260 g/mol. The number of imide groups is 1. The van der Waals surface area contributed by atoms with E-state index in [0.717, 1.165) is 25.7 Å². The van der Waals surface area contributed by atoms with Crippen LogP contribution >= 0.6 is 0 Å². The Labute approximate surface area is 117 Å². The fourth-order valence-corrected chi connectivity index (χ4v) is 4.23. The van der Waals surface area contributed by atoms with Gasteiger partial charge in [0.1, 0.15) is 11.5 Å². The largest absolute Gasteiger partial charge is 0.283 e. The second-order valence-electron chi connectivity index (χ2n) is 6.16. The standard InChI is InChI=1S/C14H18N2O4/c1-8-7-19-16-14(6-4-3-5-9(8)14)10-11(20-16)13(18)15(2)12(10)17/h10-11H,3-7H2,1-2H3/t10?,11-,14+/m1/s1. The minimum Gasteiger partial charge on any atom is -0.283 e. The van der Waals surface area contributed by atoms with E-state index in [9.17, 15) is 9.59 Å². The van der Waals surface area contributed by atoms with Crippen LogP contribution in [0.4, 0.5) is 0 Å². The summed E-state index contributed by atoms with van der Waals surface area (Å²) in [6, 6.07) is 0. The van der Waals surface area contributed by atoms with Gasteiger partial charge in [-0.3, -0.25) is 24.2 Å². The molecule has 6 nitrogen and oxygen atoms in total. The first-order valence-corrected chi connectivity index (χ1v) is 7.18. The van der Waals surface area contributed by atoms with Gasteiger partial charge in [-0.15, -0.1) is 0 Å². The van der Waals surface area contributed by atoms with Crippen LogP contribution in [0.5, 0.6) is 0 Å². The van der Waals surface area contributed by atoms with Gasteiger partial charge in [0.2, 0.25) is 5.91 Å². The van der Waals surface area contributed by atoms with Crippen molar-refractivity contribution < 1.29 is 19.3 Å². The van der Waals surface area contributed by atoms with Crippen molar-refractivity contribution in [1.29, 1.82) is 0 Å². The first-order valence-electron chi connectivity index (χ1n) is 7.18. The highest BCUT2D eigenvalue weighted by Crippen LogP contribution is 2.55. The number of hydrogen-bond donors (Lipinski definition) is 0. The third-order valence-corrected chi connectivity index (χ3v) is 5.19. The molecule has 0 aromatic heterocycles. The SMILES string of the molecule is CC1=C2CCCC[C@@]23C2C(=O)N(C)C(=O)[C@@H]2ON3OC1. The molecule has 1 spiro atoms. The molecular formula is C14H18N2O4. The lowest BCUT2D eigenvalue weighted by molar-refractivity contribution is -0.386. The number of likely N-dealkylation sites (N-methyl/N-ethyl adjacent to an activating group) is 1. The second kappa shape index (κ2) is 3.90. The molecule has 1 saturated carbocycles. The van der Waals surface area contributed by atoms with Crippen LogP contribution in [0.1, 0.15) is 32.6 Å². The molecule has 0 aromatic rings. The Hall–Kier alpha value is -1.24. The van der Waals surface area contributed by atoms with Crippen LogP contribution < -0.4 is 0 Å². The maximum absolute atomic E-state index is 12.5. The van der Waals surface area contributed by atoms with Gasteiger partial charge in [0.05, 0.1) is 6.61 Å². The summed E-state index contributed by atoms with van der Waals surface area (Å²) in [6.07, 6.45) is 3.20. The Morgan fingerprint density at radius 2 is 2.05 bits per heavy atom. The van der Waals surface area contributed by atoms with Gasteiger partial charge in [0.25, 0.3) is 5.91 Å². The van der Waals surface area contributed by atoms with Crippen molar-refractivity contribution in [2.45, 2.75) is 44.2 Å². The lowest BCUT2D eigenvalue weighted by Gasteiger charge is -2.46. The molecule has 4 aliphatic rings. The summed E-state index contributed by atoms with van der Waals surface area (Å²) in [6.45, 7) is 2.53. The van der Waals surface area contributed by atoms with E-state index in [-0.39, 0.29) is 11.8 Å². The summed E-state index contributed by atoms with van der Waals surface area (Å²) in [7, 11) is 1.54. The number of carbonyl (C=O) groups excluding carboxylic acids is 2. The van der Waals surface area contributed by atoms with Gasteiger partial charge in [0, 0.05) is 7.05 Å². The fourth-order valence-electron chi connectivity index (χ4n) is 4.23. The molecule has 2 amide bonds. The van der Waals surface area contributed by atoms with Crippen LogP contribution in [0.3, 0.4) is 0 Å². The minimum absolute atomic E-state index is 0.139. The van der Waals surface area contributed by atoms with E-state index in [1.807, 2.05) is 0 Å². The number of hydrogen-bond acceptors (Lipinski definition) is 5. The molecule has 0 bridgehead atoms. The van der Waals surface area contributed by atoms with Gasteiger partial charge in [-0.2, -0.15) is 0 Å². The molecule has 0 aromatic carbocycles. The molecule has 3 heterocycles. The van der Waals surface area contributed by atoms with Gasteiger partial charge >= 0.3 is 0 Å². The summed E-state index contributed by atoms with van der Waals surface area (Å²) in [5.41, 5.74) is 1.88. The van der Waals surface area contributed by atoms with Crippen molar-refractivity contribution in [2.75, 3.05) is 13.7 Å². The summed E-state index contributed by atoms with van der Waals surface area (Å²) in [5.74, 6) is -0.847. The first-order chi connectivity index (χ1) is 9.57. The minimum atomic E-state index is -0.716. The Morgan fingerprint density at radius 1 is 1.25 bits per heavy atom. The zero-order valence-corrected chi connectivity index (χ0v) is 11.7. The Kier molecular flexibility index (Phi) is 2.44. The molecule has 0 N–H and O–H groups in total. The van der Waals surface area contributed by atoms with E-state index in [0.29, 0.717) is 6.61 Å². The van der Waals surface area contributed by atoms with E-state index in [2.05, 4.69) is 6.92 Å². The van der Waals surface area contributed by atoms with Crippen molar-refractivity contribution in [3.63, 3.8) is 0 Å². The smallest absolute Gasteiger partial charge is 0.261 e. The first kappa shape index (κ1) is 12.5. The van der Waals surface area contributed by atoms with E-state index in [1.54, 1.807) is 0 Å². The van der Waals surface area contributed by atoms with Crippen LogP contribution in [0.25, 0.3) is 0 Å². The molecule has 0 radical (unpaired) electrons. The predicted molar refractivity (Wildman–Crippen MR) is 67.8 cm³/mol. The summed E-state index contributed by atoms with van der Waals surface area (Å²) < 4.78 is 0. The molecule has 1 unspecified atom stereocenters. The van der Waals surface area contributed by atoms with E-state index >= 15 is 0 Å². The lowest BCUT2D eigenvalue weighted by atomic mass is 9.67. The van der Waals surface area contributed by atoms with Gasteiger partial charge in [-0.1, -0.05) is 11.6 Å². The van der Waals surface area contributed by atoms with Crippen LogP contribution in [0.15, 0.2) is 11.1 Å². The molecule has 2 saturated heterocycles. The van der Waals surface area contributed by atoms with Gasteiger partial charge in [0.15, 0.2) is 6.10 Å². The highest BCUT2D eigenvalue weighted by molar-refractivity contribution is 6.07. The van der Waals surface area contributed by atoms with Gasteiger partial charge in [-0.05, 0) is 37.3 Å². The van der Waals surface area contributed by atoms with Crippen LogP contribution in [-0.4, -0.2) is 47.2 Å². The van der Waals surface area contributed by atoms with Crippen molar-refractivity contribution in [3.8, 4) is 0 Å². The normalized spacial score (nSPS) is 41.0. The number of nitrogens with zero attached hydrogens (tertiary/aromatic N) is 2. The molecule has 20 heavy (non-hydrogen) atoms. The quantitative estimate of drug-likeness (QED) is 0.484. The van der Waals surface area contributed by atoms with Crippen molar-refractivity contribution >= 4 is 11.8 Å². The van der Waals surface area contributed by atoms with E-state index < -0.39 is 17.6 Å². The highest BCUT2D eigenvalue weighted by Gasteiger charge is 2.69. The molecule has 3 aliphatic heterocycles. The highest BCUT2D eigenvalue weighted by atomic mass is 17.0. The maximum atomic E-state index is 12.5. The van der Waals surface area contributed by atoms with Crippen molar-refractivity contribution in [3.05, 3.63) is 11.1 Å². The predicted octanol–water partition coefficient (Wildman–Crippen LogP) is 0.791. The number of carbonyl (C=O) groups is 2. The van der Waals surface area contributed by atoms with Crippen LogP contribution in [0, 0.1) is 5.92 Å². The molecule has 3 atom stereocenters. The number of fused-ring (bicyclic) bond motifs is 1. The van der Waals surface area contributed by atoms with E-state index in [1.165, 1.54) is 28.3 Å². The number of rotatable bonds is 0. The Morgan fingerprint density at radius 3 is 2.85 bits per heavy atom.